The van der Waals surface area contributed by atoms with Gasteiger partial charge in [0.25, 0.3) is 0 Å². The van der Waals surface area contributed by atoms with Crippen LogP contribution in [-0.4, -0.2) is 39.5 Å². The molecule has 1 saturated heterocycles. The zero-order chi connectivity index (χ0) is 14.0. The Morgan fingerprint density at radius 1 is 1.47 bits per heavy atom. The second kappa shape index (κ2) is 5.88. The summed E-state index contributed by atoms with van der Waals surface area (Å²) in [6, 6.07) is 0.0334. The molecule has 2 heterocycles. The summed E-state index contributed by atoms with van der Waals surface area (Å²) >= 11 is 1.41. The van der Waals surface area contributed by atoms with Gasteiger partial charge in [-0.25, -0.2) is 13.1 Å². The first kappa shape index (κ1) is 14.9. The van der Waals surface area contributed by atoms with Crippen LogP contribution in [-0.2, 0) is 16.6 Å². The van der Waals surface area contributed by atoms with Gasteiger partial charge in [0.05, 0.1) is 0 Å². The summed E-state index contributed by atoms with van der Waals surface area (Å²) in [5.41, 5.74) is 6.41. The highest BCUT2D eigenvalue weighted by Gasteiger charge is 2.27. The molecule has 7 heteroatoms. The first-order valence-corrected chi connectivity index (χ1v) is 8.78. The van der Waals surface area contributed by atoms with Crippen LogP contribution in [0.2, 0.25) is 0 Å². The fraction of sp³-hybridized carbons (Fsp3) is 0.667. The van der Waals surface area contributed by atoms with Crippen molar-refractivity contribution in [3.63, 3.8) is 0 Å². The summed E-state index contributed by atoms with van der Waals surface area (Å²) in [4.78, 5) is 3.34. The summed E-state index contributed by atoms with van der Waals surface area (Å²) in [5.74, 6) is 0. The maximum absolute atomic E-state index is 12.5. The van der Waals surface area contributed by atoms with Crippen LogP contribution in [0.15, 0.2) is 10.3 Å². The molecular weight excluding hydrogens is 282 g/mol. The smallest absolute Gasteiger partial charge is 0.242 e. The van der Waals surface area contributed by atoms with Gasteiger partial charge >= 0.3 is 0 Å². The number of aryl methyl sites for hydroxylation is 1. The molecule has 5 nitrogen and oxygen atoms in total. The van der Waals surface area contributed by atoms with Crippen LogP contribution in [0.5, 0.6) is 0 Å². The van der Waals surface area contributed by atoms with Gasteiger partial charge in [-0.1, -0.05) is 0 Å². The number of rotatable bonds is 4. The Bertz CT molecular complexity index is 531. The molecule has 0 aliphatic carbocycles. The molecule has 0 atom stereocenters. The highest BCUT2D eigenvalue weighted by Crippen LogP contribution is 2.27. The second-order valence-electron chi connectivity index (χ2n) is 5.07. The average molecular weight is 303 g/mol. The van der Waals surface area contributed by atoms with Crippen LogP contribution in [0.3, 0.4) is 0 Å². The summed E-state index contributed by atoms with van der Waals surface area (Å²) in [7, 11) is -1.39. The molecule has 0 aromatic carbocycles. The Hall–Kier alpha value is -0.470. The third-order valence-corrected chi connectivity index (χ3v) is 6.49. The van der Waals surface area contributed by atoms with Crippen molar-refractivity contribution in [3.05, 3.63) is 15.8 Å². The predicted octanol–water partition coefficient (Wildman–Crippen LogP) is 0.888. The molecule has 1 fully saturated rings. The largest absolute Gasteiger partial charge is 0.326 e. The summed E-state index contributed by atoms with van der Waals surface area (Å²) in [6.07, 6.45) is 1.72. The van der Waals surface area contributed by atoms with Gasteiger partial charge in [0, 0.05) is 17.5 Å². The van der Waals surface area contributed by atoms with Gasteiger partial charge in [0.2, 0.25) is 10.0 Å². The summed E-state index contributed by atoms with van der Waals surface area (Å²) in [6.45, 7) is 3.94. The van der Waals surface area contributed by atoms with Gasteiger partial charge < -0.3 is 10.6 Å². The zero-order valence-corrected chi connectivity index (χ0v) is 13.0. The van der Waals surface area contributed by atoms with Crippen LogP contribution in [0.1, 0.15) is 23.3 Å². The minimum Gasteiger partial charge on any atom is -0.326 e. The number of sulfonamides is 1. The molecule has 0 bridgehead atoms. The normalized spacial score (nSPS) is 18.9. The minimum absolute atomic E-state index is 0.0334. The van der Waals surface area contributed by atoms with E-state index in [4.69, 9.17) is 5.73 Å². The van der Waals surface area contributed by atoms with Crippen LogP contribution in [0.25, 0.3) is 0 Å². The van der Waals surface area contributed by atoms with E-state index in [1.54, 1.807) is 0 Å². The SMILES string of the molecule is Cc1csc(CN)c1S(=O)(=O)NC1CCN(C)CC1. The van der Waals surface area contributed by atoms with E-state index in [0.29, 0.717) is 4.90 Å². The van der Waals surface area contributed by atoms with Crippen molar-refractivity contribution in [1.29, 1.82) is 0 Å². The predicted molar refractivity (Wildman–Crippen MR) is 77.8 cm³/mol. The molecule has 0 saturated carbocycles. The molecule has 3 N–H and O–H groups in total. The molecular formula is C12H21N3O2S2. The zero-order valence-electron chi connectivity index (χ0n) is 11.3. The lowest BCUT2D eigenvalue weighted by Crippen LogP contribution is -2.43. The van der Waals surface area contributed by atoms with Gasteiger partial charge in [-0.3, -0.25) is 0 Å². The number of nitrogens with one attached hydrogen (secondary N) is 1. The van der Waals surface area contributed by atoms with E-state index in [2.05, 4.69) is 16.7 Å². The molecule has 0 spiro atoms. The molecule has 2 rings (SSSR count). The van der Waals surface area contributed by atoms with Crippen molar-refractivity contribution in [2.75, 3.05) is 20.1 Å². The molecule has 1 aromatic rings. The number of hydrogen-bond acceptors (Lipinski definition) is 5. The van der Waals surface area contributed by atoms with Crippen molar-refractivity contribution in [2.45, 2.75) is 37.2 Å². The maximum atomic E-state index is 12.5. The topological polar surface area (TPSA) is 75.4 Å². The molecule has 0 unspecified atom stereocenters. The van der Waals surface area contributed by atoms with E-state index in [-0.39, 0.29) is 12.6 Å². The lowest BCUT2D eigenvalue weighted by atomic mass is 10.1. The van der Waals surface area contributed by atoms with Crippen molar-refractivity contribution >= 4 is 21.4 Å². The summed E-state index contributed by atoms with van der Waals surface area (Å²) < 4.78 is 27.8. The Morgan fingerprint density at radius 3 is 2.68 bits per heavy atom. The highest BCUT2D eigenvalue weighted by atomic mass is 32.2. The van der Waals surface area contributed by atoms with Crippen molar-refractivity contribution in [1.82, 2.24) is 9.62 Å². The molecule has 19 heavy (non-hydrogen) atoms. The lowest BCUT2D eigenvalue weighted by molar-refractivity contribution is 0.248. The van der Waals surface area contributed by atoms with E-state index in [0.717, 1.165) is 36.4 Å². The maximum Gasteiger partial charge on any atom is 0.242 e. The third kappa shape index (κ3) is 3.35. The lowest BCUT2D eigenvalue weighted by Gasteiger charge is -2.29. The second-order valence-corrected chi connectivity index (χ2v) is 7.69. The van der Waals surface area contributed by atoms with Gasteiger partial charge in [-0.05, 0) is 50.8 Å². The van der Waals surface area contributed by atoms with Crippen molar-refractivity contribution < 1.29 is 8.42 Å². The number of nitrogens with zero attached hydrogens (tertiary/aromatic N) is 1. The molecule has 1 aliphatic heterocycles. The van der Waals surface area contributed by atoms with Crippen LogP contribution >= 0.6 is 11.3 Å². The molecule has 1 aliphatic rings. The Morgan fingerprint density at radius 2 is 2.11 bits per heavy atom. The average Bonchev–Trinajstić information content (AvgIpc) is 2.74. The first-order valence-electron chi connectivity index (χ1n) is 6.42. The standard InChI is InChI=1S/C12H21N3O2S2/c1-9-8-18-11(7-13)12(9)19(16,17)14-10-3-5-15(2)6-4-10/h8,10,14H,3-7,13H2,1-2H3. The monoisotopic (exact) mass is 303 g/mol. The van der Waals surface area contributed by atoms with Gasteiger partial charge in [0.15, 0.2) is 0 Å². The first-order chi connectivity index (χ1) is 8.94. The summed E-state index contributed by atoms with van der Waals surface area (Å²) in [5, 5.41) is 1.85. The van der Waals surface area contributed by atoms with Crippen molar-refractivity contribution in [3.8, 4) is 0 Å². The fourth-order valence-electron chi connectivity index (χ4n) is 2.39. The van der Waals surface area contributed by atoms with E-state index in [9.17, 15) is 8.42 Å². The number of thiophene rings is 1. The van der Waals surface area contributed by atoms with E-state index < -0.39 is 10.0 Å². The van der Waals surface area contributed by atoms with Crippen LogP contribution in [0, 0.1) is 6.92 Å². The number of piperidine rings is 1. The Labute approximate surface area is 118 Å². The number of nitrogens with two attached hydrogens (primary N) is 1. The van der Waals surface area contributed by atoms with E-state index in [1.807, 2.05) is 12.3 Å². The fourth-order valence-corrected chi connectivity index (χ4v) is 5.40. The van der Waals surface area contributed by atoms with E-state index >= 15 is 0 Å². The minimum atomic E-state index is -3.45. The Balaban J connectivity index is 2.16. The molecule has 0 radical (unpaired) electrons. The van der Waals surface area contributed by atoms with Gasteiger partial charge in [-0.15, -0.1) is 11.3 Å². The van der Waals surface area contributed by atoms with E-state index in [1.165, 1.54) is 11.3 Å². The van der Waals surface area contributed by atoms with Gasteiger partial charge in [-0.2, -0.15) is 0 Å². The molecule has 1 aromatic heterocycles. The number of hydrogen-bond donors (Lipinski definition) is 2. The Kier molecular flexibility index (Phi) is 4.62. The molecule has 108 valence electrons. The van der Waals surface area contributed by atoms with Crippen molar-refractivity contribution in [2.24, 2.45) is 5.73 Å². The van der Waals surface area contributed by atoms with Crippen LogP contribution in [0.4, 0.5) is 0 Å². The quantitative estimate of drug-likeness (QED) is 0.866. The molecule has 0 amide bonds. The highest BCUT2D eigenvalue weighted by molar-refractivity contribution is 7.89. The number of likely N-dealkylation sites (tertiary alicyclic amines) is 1. The van der Waals surface area contributed by atoms with Crippen LogP contribution < -0.4 is 10.5 Å². The van der Waals surface area contributed by atoms with Gasteiger partial charge in [0.1, 0.15) is 4.90 Å². The third-order valence-electron chi connectivity index (χ3n) is 3.48.